The van der Waals surface area contributed by atoms with Gasteiger partial charge < -0.3 is 5.32 Å². The van der Waals surface area contributed by atoms with Gasteiger partial charge >= 0.3 is 0 Å². The number of carbonyl (C=O) groups excluding carboxylic acids is 1. The topological polar surface area (TPSA) is 29.1 Å². The minimum atomic E-state index is -0.0149. The molecule has 1 heterocycles. The molecule has 1 aromatic heterocycles. The molecule has 0 fully saturated rings. The highest BCUT2D eigenvalue weighted by Gasteiger charge is 2.12. The Morgan fingerprint density at radius 1 is 1.62 bits per heavy atom. The van der Waals surface area contributed by atoms with Crippen LogP contribution in [0.4, 0.5) is 0 Å². The number of amides is 1. The van der Waals surface area contributed by atoms with Gasteiger partial charge in [-0.25, -0.2) is 0 Å². The lowest BCUT2D eigenvalue weighted by Gasteiger charge is -2.12. The molecule has 0 aromatic carbocycles. The summed E-state index contributed by atoms with van der Waals surface area (Å²) >= 11 is 7.34. The summed E-state index contributed by atoms with van der Waals surface area (Å²) in [6, 6.07) is 3.79. The highest BCUT2D eigenvalue weighted by Crippen LogP contribution is 2.26. The van der Waals surface area contributed by atoms with Gasteiger partial charge in [0.25, 0.3) is 0 Å². The summed E-state index contributed by atoms with van der Waals surface area (Å²) in [6.45, 7) is 5.80. The third kappa shape index (κ3) is 3.65. The molecule has 1 N–H and O–H groups in total. The fourth-order valence-corrected chi connectivity index (χ4v) is 2.40. The summed E-state index contributed by atoms with van der Waals surface area (Å²) in [6.07, 6.45) is 2.79. The van der Waals surface area contributed by atoms with E-state index in [4.69, 9.17) is 11.6 Å². The van der Waals surface area contributed by atoms with Crippen LogP contribution in [0.5, 0.6) is 0 Å². The molecule has 1 rings (SSSR count). The SMILES string of the molecule is CC/C=C(/C)C(=O)N[C@H](C)c1ccc(Cl)s1. The van der Waals surface area contributed by atoms with Crippen LogP contribution in [0.3, 0.4) is 0 Å². The zero-order valence-corrected chi connectivity index (χ0v) is 11.3. The van der Waals surface area contributed by atoms with Crippen LogP contribution in [-0.4, -0.2) is 5.91 Å². The van der Waals surface area contributed by atoms with Crippen molar-refractivity contribution < 1.29 is 4.79 Å². The Labute approximate surface area is 105 Å². The van der Waals surface area contributed by atoms with Crippen molar-refractivity contribution >= 4 is 28.8 Å². The molecule has 16 heavy (non-hydrogen) atoms. The molecule has 0 spiro atoms. The van der Waals surface area contributed by atoms with Gasteiger partial charge in [0.05, 0.1) is 10.4 Å². The molecule has 0 aliphatic rings. The molecule has 0 bridgehead atoms. The number of carbonyl (C=O) groups is 1. The number of hydrogen-bond acceptors (Lipinski definition) is 2. The number of nitrogens with one attached hydrogen (secondary N) is 1. The Morgan fingerprint density at radius 3 is 2.81 bits per heavy atom. The van der Waals surface area contributed by atoms with Crippen LogP contribution in [-0.2, 0) is 4.79 Å². The first-order chi connectivity index (χ1) is 7.54. The van der Waals surface area contributed by atoms with Crippen molar-refractivity contribution in [2.45, 2.75) is 33.2 Å². The lowest BCUT2D eigenvalue weighted by molar-refractivity contribution is -0.118. The third-order valence-electron chi connectivity index (χ3n) is 2.24. The average Bonchev–Trinajstić information content (AvgIpc) is 2.65. The van der Waals surface area contributed by atoms with Gasteiger partial charge in [-0.05, 0) is 32.4 Å². The number of thiophene rings is 1. The summed E-state index contributed by atoms with van der Waals surface area (Å²) in [4.78, 5) is 12.8. The maximum atomic E-state index is 11.7. The summed E-state index contributed by atoms with van der Waals surface area (Å²) in [5, 5.41) is 2.94. The second kappa shape index (κ2) is 6.06. The van der Waals surface area contributed by atoms with Crippen molar-refractivity contribution in [1.82, 2.24) is 5.32 Å². The fourth-order valence-electron chi connectivity index (χ4n) is 1.34. The molecule has 0 unspecified atom stereocenters. The molecule has 0 aliphatic carbocycles. The van der Waals surface area contributed by atoms with Crippen LogP contribution in [0.2, 0.25) is 4.34 Å². The van der Waals surface area contributed by atoms with Crippen molar-refractivity contribution in [3.8, 4) is 0 Å². The lowest BCUT2D eigenvalue weighted by Crippen LogP contribution is -2.26. The van der Waals surface area contributed by atoms with Gasteiger partial charge in [0.1, 0.15) is 0 Å². The van der Waals surface area contributed by atoms with E-state index in [-0.39, 0.29) is 11.9 Å². The minimum Gasteiger partial charge on any atom is -0.345 e. The second-order valence-corrected chi connectivity index (χ2v) is 5.38. The van der Waals surface area contributed by atoms with E-state index < -0.39 is 0 Å². The number of allylic oxidation sites excluding steroid dienone is 1. The Hall–Kier alpha value is -0.800. The van der Waals surface area contributed by atoms with Gasteiger partial charge in [0, 0.05) is 10.5 Å². The van der Waals surface area contributed by atoms with Gasteiger partial charge in [-0.15, -0.1) is 11.3 Å². The van der Waals surface area contributed by atoms with Gasteiger partial charge in [-0.1, -0.05) is 24.6 Å². The standard InChI is InChI=1S/C12H16ClNOS/c1-4-5-8(2)12(15)14-9(3)10-6-7-11(13)16-10/h5-7,9H,4H2,1-3H3,(H,14,15)/b8-5-/t9-/m1/s1. The number of hydrogen-bond donors (Lipinski definition) is 1. The number of rotatable bonds is 4. The molecule has 0 aliphatic heterocycles. The molecule has 0 saturated heterocycles. The van der Waals surface area contributed by atoms with Gasteiger partial charge in [-0.2, -0.15) is 0 Å². The molecule has 88 valence electrons. The van der Waals surface area contributed by atoms with E-state index in [0.717, 1.165) is 21.2 Å². The van der Waals surface area contributed by atoms with Crippen LogP contribution in [0.15, 0.2) is 23.8 Å². The predicted octanol–water partition coefficient (Wildman–Crippen LogP) is 3.94. The van der Waals surface area contributed by atoms with E-state index in [1.165, 1.54) is 11.3 Å². The summed E-state index contributed by atoms with van der Waals surface area (Å²) in [7, 11) is 0. The van der Waals surface area contributed by atoms with Gasteiger partial charge in [-0.3, -0.25) is 4.79 Å². The first-order valence-corrected chi connectivity index (χ1v) is 6.47. The van der Waals surface area contributed by atoms with Gasteiger partial charge in [0.15, 0.2) is 0 Å². The van der Waals surface area contributed by atoms with E-state index >= 15 is 0 Å². The Bertz CT molecular complexity index is 397. The maximum absolute atomic E-state index is 11.7. The maximum Gasteiger partial charge on any atom is 0.247 e. The Balaban J connectivity index is 2.61. The number of halogens is 1. The largest absolute Gasteiger partial charge is 0.345 e. The van der Waals surface area contributed by atoms with Crippen molar-refractivity contribution in [2.24, 2.45) is 0 Å². The van der Waals surface area contributed by atoms with Crippen molar-refractivity contribution in [3.63, 3.8) is 0 Å². The van der Waals surface area contributed by atoms with E-state index in [9.17, 15) is 4.79 Å². The average molecular weight is 258 g/mol. The monoisotopic (exact) mass is 257 g/mol. The Morgan fingerprint density at radius 2 is 2.31 bits per heavy atom. The van der Waals surface area contributed by atoms with E-state index in [0.29, 0.717) is 0 Å². The quantitative estimate of drug-likeness (QED) is 0.814. The van der Waals surface area contributed by atoms with E-state index in [1.54, 1.807) is 0 Å². The second-order valence-electron chi connectivity index (χ2n) is 3.63. The van der Waals surface area contributed by atoms with Crippen LogP contribution >= 0.6 is 22.9 Å². The molecule has 1 aromatic rings. The zero-order chi connectivity index (χ0) is 12.1. The molecule has 1 atom stereocenters. The highest BCUT2D eigenvalue weighted by molar-refractivity contribution is 7.16. The van der Waals surface area contributed by atoms with Crippen LogP contribution < -0.4 is 5.32 Å². The van der Waals surface area contributed by atoms with Crippen molar-refractivity contribution in [2.75, 3.05) is 0 Å². The van der Waals surface area contributed by atoms with Gasteiger partial charge in [0.2, 0.25) is 5.91 Å². The van der Waals surface area contributed by atoms with Crippen LogP contribution in [0.1, 0.15) is 38.1 Å². The zero-order valence-electron chi connectivity index (χ0n) is 9.71. The van der Waals surface area contributed by atoms with Crippen LogP contribution in [0.25, 0.3) is 0 Å². The third-order valence-corrected chi connectivity index (χ3v) is 3.65. The molecular formula is C12H16ClNOS. The fraction of sp³-hybridized carbons (Fsp3) is 0.417. The Kier molecular flexibility index (Phi) is 5.03. The smallest absolute Gasteiger partial charge is 0.247 e. The molecule has 2 nitrogen and oxygen atoms in total. The highest BCUT2D eigenvalue weighted by atomic mass is 35.5. The first kappa shape index (κ1) is 13.3. The summed E-state index contributed by atoms with van der Waals surface area (Å²) < 4.78 is 0.747. The molecule has 0 radical (unpaired) electrons. The molecule has 1 amide bonds. The summed E-state index contributed by atoms with van der Waals surface area (Å²) in [5.41, 5.74) is 0.761. The predicted molar refractivity (Wildman–Crippen MR) is 69.9 cm³/mol. The van der Waals surface area contributed by atoms with E-state index in [2.05, 4.69) is 5.32 Å². The molecule has 0 saturated carbocycles. The van der Waals surface area contributed by atoms with Crippen molar-refractivity contribution in [3.05, 3.63) is 33.0 Å². The normalized spacial score (nSPS) is 13.6. The van der Waals surface area contributed by atoms with Crippen LogP contribution in [0, 0.1) is 0 Å². The molecular weight excluding hydrogens is 242 g/mol. The minimum absolute atomic E-state index is 0.00482. The summed E-state index contributed by atoms with van der Waals surface area (Å²) in [5.74, 6) is -0.0149. The van der Waals surface area contributed by atoms with Crippen molar-refractivity contribution in [1.29, 1.82) is 0 Å². The molecule has 4 heteroatoms. The lowest BCUT2D eigenvalue weighted by atomic mass is 10.2. The first-order valence-electron chi connectivity index (χ1n) is 5.27. The van der Waals surface area contributed by atoms with E-state index in [1.807, 2.05) is 39.0 Å².